The predicted molar refractivity (Wildman–Crippen MR) is 50.3 cm³/mol. The van der Waals surface area contributed by atoms with Crippen molar-refractivity contribution in [2.45, 2.75) is 6.17 Å². The second-order valence-corrected chi connectivity index (χ2v) is 3.08. The molecular formula is C10H6FNO3. The van der Waals surface area contributed by atoms with Crippen molar-refractivity contribution >= 4 is 17.5 Å². The molecule has 5 heteroatoms. The SMILES string of the molecule is O=C(O)C1=CC(=O)C2=CC(F)C=CC2=N1. The van der Waals surface area contributed by atoms with Crippen LogP contribution in [0.1, 0.15) is 0 Å². The van der Waals surface area contributed by atoms with Crippen molar-refractivity contribution in [3.05, 3.63) is 35.6 Å². The van der Waals surface area contributed by atoms with Gasteiger partial charge in [0.2, 0.25) is 0 Å². The molecule has 0 aromatic heterocycles. The molecule has 1 heterocycles. The van der Waals surface area contributed by atoms with E-state index in [1.807, 2.05) is 0 Å². The Kier molecular flexibility index (Phi) is 2.07. The van der Waals surface area contributed by atoms with Gasteiger partial charge in [-0.1, -0.05) is 0 Å². The van der Waals surface area contributed by atoms with Crippen LogP contribution in [0.5, 0.6) is 0 Å². The summed E-state index contributed by atoms with van der Waals surface area (Å²) in [5.41, 5.74) is -0.00194. The lowest BCUT2D eigenvalue weighted by Gasteiger charge is -2.14. The lowest BCUT2D eigenvalue weighted by Crippen LogP contribution is -2.21. The monoisotopic (exact) mass is 207 g/mol. The van der Waals surface area contributed by atoms with Crippen LogP contribution in [0.15, 0.2) is 40.6 Å². The lowest BCUT2D eigenvalue weighted by molar-refractivity contribution is -0.133. The zero-order chi connectivity index (χ0) is 11.0. The van der Waals surface area contributed by atoms with Crippen LogP contribution in [0.2, 0.25) is 0 Å². The highest BCUT2D eigenvalue weighted by Crippen LogP contribution is 2.20. The molecule has 0 aromatic rings. The minimum absolute atomic E-state index is 0.120. The number of ketones is 1. The second-order valence-electron chi connectivity index (χ2n) is 3.08. The summed E-state index contributed by atoms with van der Waals surface area (Å²) in [7, 11) is 0. The molecule has 0 aromatic carbocycles. The molecule has 2 aliphatic rings. The van der Waals surface area contributed by atoms with Crippen molar-refractivity contribution in [2.75, 3.05) is 0 Å². The van der Waals surface area contributed by atoms with E-state index in [-0.39, 0.29) is 17.0 Å². The third-order valence-electron chi connectivity index (χ3n) is 2.03. The van der Waals surface area contributed by atoms with E-state index in [1.54, 1.807) is 0 Å². The van der Waals surface area contributed by atoms with Crippen LogP contribution in [0.3, 0.4) is 0 Å². The van der Waals surface area contributed by atoms with Gasteiger partial charge in [-0.3, -0.25) is 4.79 Å². The quantitative estimate of drug-likeness (QED) is 0.691. The van der Waals surface area contributed by atoms with Crippen LogP contribution in [0, 0.1) is 0 Å². The van der Waals surface area contributed by atoms with Crippen LogP contribution < -0.4 is 0 Å². The van der Waals surface area contributed by atoms with Gasteiger partial charge in [0.1, 0.15) is 6.17 Å². The molecule has 0 bridgehead atoms. The molecule has 0 fully saturated rings. The number of alkyl halides is 1. The first-order valence-corrected chi connectivity index (χ1v) is 4.20. The van der Waals surface area contributed by atoms with Crippen molar-refractivity contribution in [3.63, 3.8) is 0 Å². The Morgan fingerprint density at radius 3 is 2.93 bits per heavy atom. The number of carboxylic acids is 1. The number of hydrogen-bond acceptors (Lipinski definition) is 3. The van der Waals surface area contributed by atoms with Crippen LogP contribution in [-0.2, 0) is 9.59 Å². The Hall–Kier alpha value is -2.04. The topological polar surface area (TPSA) is 66.7 Å². The van der Waals surface area contributed by atoms with Gasteiger partial charge in [0.25, 0.3) is 0 Å². The highest BCUT2D eigenvalue weighted by molar-refractivity contribution is 6.33. The third-order valence-corrected chi connectivity index (χ3v) is 2.03. The number of carbonyl (C=O) groups is 2. The summed E-state index contributed by atoms with van der Waals surface area (Å²) in [5.74, 6) is -1.80. The minimum atomic E-state index is -1.32. The summed E-state index contributed by atoms with van der Waals surface area (Å²) in [6.07, 6.45) is 3.22. The summed E-state index contributed by atoms with van der Waals surface area (Å²) in [6, 6.07) is 0. The molecular weight excluding hydrogens is 201 g/mol. The maximum absolute atomic E-state index is 12.9. The van der Waals surface area contributed by atoms with Gasteiger partial charge in [0.15, 0.2) is 11.5 Å². The summed E-state index contributed by atoms with van der Waals surface area (Å²) in [4.78, 5) is 25.7. The Bertz CT molecular complexity index is 471. The minimum Gasteiger partial charge on any atom is -0.477 e. The van der Waals surface area contributed by atoms with E-state index in [0.717, 1.165) is 12.2 Å². The van der Waals surface area contributed by atoms with Gasteiger partial charge in [0, 0.05) is 11.6 Å². The number of allylic oxidation sites excluding steroid dienone is 5. The highest BCUT2D eigenvalue weighted by atomic mass is 19.1. The van der Waals surface area contributed by atoms with E-state index >= 15 is 0 Å². The van der Waals surface area contributed by atoms with Gasteiger partial charge in [-0.25, -0.2) is 14.2 Å². The first-order valence-electron chi connectivity index (χ1n) is 4.20. The number of carbonyl (C=O) groups excluding carboxylic acids is 1. The van der Waals surface area contributed by atoms with Crippen molar-refractivity contribution in [2.24, 2.45) is 4.99 Å². The molecule has 1 N–H and O–H groups in total. The first-order chi connectivity index (χ1) is 7.08. The molecule has 0 spiro atoms. The molecule has 1 atom stereocenters. The zero-order valence-corrected chi connectivity index (χ0v) is 7.48. The van der Waals surface area contributed by atoms with E-state index in [1.165, 1.54) is 12.2 Å². The van der Waals surface area contributed by atoms with Gasteiger partial charge in [-0.15, -0.1) is 0 Å². The van der Waals surface area contributed by atoms with Gasteiger partial charge >= 0.3 is 5.97 Å². The molecule has 0 amide bonds. The summed E-state index contributed by atoms with van der Waals surface area (Å²) < 4.78 is 12.9. The maximum atomic E-state index is 12.9. The molecule has 1 aliphatic carbocycles. The molecule has 1 aliphatic heterocycles. The van der Waals surface area contributed by atoms with Crippen molar-refractivity contribution in [1.29, 1.82) is 0 Å². The molecule has 0 saturated carbocycles. The average molecular weight is 207 g/mol. The number of hydrogen-bond donors (Lipinski definition) is 1. The number of fused-ring (bicyclic) bond motifs is 1. The fourth-order valence-corrected chi connectivity index (χ4v) is 1.35. The van der Waals surface area contributed by atoms with E-state index in [0.29, 0.717) is 0 Å². The van der Waals surface area contributed by atoms with Crippen molar-refractivity contribution < 1.29 is 19.1 Å². The number of rotatable bonds is 1. The van der Waals surface area contributed by atoms with Crippen LogP contribution in [-0.4, -0.2) is 28.7 Å². The van der Waals surface area contributed by atoms with E-state index in [9.17, 15) is 14.0 Å². The van der Waals surface area contributed by atoms with E-state index in [4.69, 9.17) is 5.11 Å². The van der Waals surface area contributed by atoms with Crippen LogP contribution >= 0.6 is 0 Å². The molecule has 1 unspecified atom stereocenters. The summed E-state index contributed by atoms with van der Waals surface area (Å²) >= 11 is 0. The Morgan fingerprint density at radius 1 is 1.53 bits per heavy atom. The standard InChI is InChI=1S/C10H6FNO3/c11-5-1-2-7-6(3-5)9(13)4-8(12-7)10(14)15/h1-5H,(H,14,15). The molecule has 4 nitrogen and oxygen atoms in total. The van der Waals surface area contributed by atoms with Crippen molar-refractivity contribution in [3.8, 4) is 0 Å². The number of carboxylic acid groups (broad SMARTS) is 1. The predicted octanol–water partition coefficient (Wildman–Crippen LogP) is 0.813. The number of aliphatic carboxylic acids is 1. The normalized spacial score (nSPS) is 23.9. The summed E-state index contributed by atoms with van der Waals surface area (Å²) in [5, 5.41) is 8.65. The van der Waals surface area contributed by atoms with Crippen molar-refractivity contribution in [1.82, 2.24) is 0 Å². The van der Waals surface area contributed by atoms with Gasteiger partial charge < -0.3 is 5.11 Å². The molecule has 2 rings (SSSR count). The molecule has 15 heavy (non-hydrogen) atoms. The van der Waals surface area contributed by atoms with Gasteiger partial charge in [0.05, 0.1) is 5.71 Å². The fourth-order valence-electron chi connectivity index (χ4n) is 1.35. The van der Waals surface area contributed by atoms with Gasteiger partial charge in [-0.2, -0.15) is 0 Å². The number of nitrogens with zero attached hydrogens (tertiary/aromatic N) is 1. The third kappa shape index (κ3) is 1.63. The van der Waals surface area contributed by atoms with Crippen LogP contribution in [0.25, 0.3) is 0 Å². The average Bonchev–Trinajstić information content (AvgIpc) is 2.18. The van der Waals surface area contributed by atoms with E-state index < -0.39 is 17.9 Å². The highest BCUT2D eigenvalue weighted by Gasteiger charge is 2.24. The lowest BCUT2D eigenvalue weighted by atomic mass is 9.96. The van der Waals surface area contributed by atoms with Crippen LogP contribution in [0.4, 0.5) is 4.39 Å². The Morgan fingerprint density at radius 2 is 2.27 bits per heavy atom. The fraction of sp³-hybridized carbons (Fsp3) is 0.100. The first kappa shape index (κ1) is 9.51. The smallest absolute Gasteiger partial charge is 0.354 e. The Labute approximate surface area is 84.1 Å². The zero-order valence-electron chi connectivity index (χ0n) is 7.48. The molecule has 0 radical (unpaired) electrons. The largest absolute Gasteiger partial charge is 0.477 e. The number of halogens is 1. The van der Waals surface area contributed by atoms with Gasteiger partial charge in [-0.05, 0) is 18.2 Å². The number of aliphatic imine (C=N–C) groups is 1. The second kappa shape index (κ2) is 3.27. The van der Waals surface area contributed by atoms with E-state index in [2.05, 4.69) is 4.99 Å². The summed E-state index contributed by atoms with van der Waals surface area (Å²) in [6.45, 7) is 0. The molecule has 0 saturated heterocycles. The maximum Gasteiger partial charge on any atom is 0.354 e. The molecule has 76 valence electrons. The Balaban J connectivity index is 2.46.